The van der Waals surface area contributed by atoms with Crippen LogP contribution in [0, 0.1) is 27.7 Å². The van der Waals surface area contributed by atoms with Crippen molar-refractivity contribution in [1.82, 2.24) is 19.8 Å². The van der Waals surface area contributed by atoms with Crippen molar-refractivity contribution in [3.63, 3.8) is 0 Å². The van der Waals surface area contributed by atoms with Crippen molar-refractivity contribution in [3.05, 3.63) is 82.4 Å². The summed E-state index contributed by atoms with van der Waals surface area (Å²) in [6.07, 6.45) is 3.43. The predicted octanol–water partition coefficient (Wildman–Crippen LogP) is 3.64. The number of aromatic nitrogens is 2. The second-order valence-corrected chi connectivity index (χ2v) is 8.15. The highest BCUT2D eigenvalue weighted by Crippen LogP contribution is 2.23. The Bertz CT molecular complexity index is 1270. The van der Waals surface area contributed by atoms with E-state index in [1.54, 1.807) is 24.4 Å². The molecular weight excluding hydrogens is 418 g/mol. The van der Waals surface area contributed by atoms with Crippen LogP contribution in [-0.2, 0) is 9.59 Å². The Kier molecular flexibility index (Phi) is 5.83. The van der Waals surface area contributed by atoms with Crippen molar-refractivity contribution in [2.24, 2.45) is 0 Å². The van der Waals surface area contributed by atoms with E-state index in [2.05, 4.69) is 15.6 Å². The van der Waals surface area contributed by atoms with Crippen LogP contribution in [0.25, 0.3) is 11.9 Å². The fourth-order valence-corrected chi connectivity index (χ4v) is 3.73. The number of carbonyl (C=O) groups excluding carboxylic acids is 3. The lowest BCUT2D eigenvalue weighted by Gasteiger charge is -2.12. The van der Waals surface area contributed by atoms with E-state index in [0.29, 0.717) is 5.69 Å². The van der Waals surface area contributed by atoms with Crippen molar-refractivity contribution >= 4 is 29.6 Å². The van der Waals surface area contributed by atoms with E-state index in [9.17, 15) is 14.4 Å². The van der Waals surface area contributed by atoms with Gasteiger partial charge >= 0.3 is 6.03 Å². The molecule has 1 saturated heterocycles. The maximum absolute atomic E-state index is 12.8. The SMILES string of the molecule is Cc1ccc(NC(=O)CN2C(=O)N/C(=C/c3cc(C)n(-c4ccc(C)cn4)c3C)C2=O)cc1. The number of pyridine rings is 1. The molecular formula is C25H25N5O3. The Labute approximate surface area is 191 Å². The third-order valence-corrected chi connectivity index (χ3v) is 5.49. The summed E-state index contributed by atoms with van der Waals surface area (Å²) in [5.41, 5.74) is 5.47. The Balaban J connectivity index is 1.52. The molecule has 0 aliphatic carbocycles. The molecule has 1 aromatic carbocycles. The van der Waals surface area contributed by atoms with Gasteiger partial charge in [-0.25, -0.2) is 14.7 Å². The molecule has 168 valence electrons. The lowest BCUT2D eigenvalue weighted by Crippen LogP contribution is -2.38. The average molecular weight is 444 g/mol. The van der Waals surface area contributed by atoms with Gasteiger partial charge in [0.05, 0.1) is 0 Å². The van der Waals surface area contributed by atoms with Crippen LogP contribution in [-0.4, -0.2) is 38.8 Å². The van der Waals surface area contributed by atoms with Gasteiger partial charge < -0.3 is 15.2 Å². The monoisotopic (exact) mass is 443 g/mol. The molecule has 4 amide bonds. The highest BCUT2D eigenvalue weighted by Gasteiger charge is 2.35. The molecule has 2 N–H and O–H groups in total. The number of rotatable bonds is 5. The highest BCUT2D eigenvalue weighted by atomic mass is 16.2. The Hall–Kier alpha value is -4.20. The first-order valence-corrected chi connectivity index (χ1v) is 10.6. The van der Waals surface area contributed by atoms with Crippen LogP contribution >= 0.6 is 0 Å². The minimum Gasteiger partial charge on any atom is -0.325 e. The topological polar surface area (TPSA) is 96.3 Å². The molecule has 8 heteroatoms. The van der Waals surface area contributed by atoms with Crippen molar-refractivity contribution in [1.29, 1.82) is 0 Å². The van der Waals surface area contributed by atoms with Crippen LogP contribution in [0.15, 0.2) is 54.4 Å². The number of hydrogen-bond acceptors (Lipinski definition) is 4. The molecule has 2 aromatic heterocycles. The zero-order chi connectivity index (χ0) is 23.7. The van der Waals surface area contributed by atoms with Crippen molar-refractivity contribution in [2.75, 3.05) is 11.9 Å². The molecule has 0 spiro atoms. The predicted molar refractivity (Wildman–Crippen MR) is 126 cm³/mol. The number of nitrogens with one attached hydrogen (secondary N) is 2. The molecule has 0 unspecified atom stereocenters. The molecule has 1 aliphatic heterocycles. The van der Waals surface area contributed by atoms with Gasteiger partial charge in [-0.15, -0.1) is 0 Å². The van der Waals surface area contributed by atoms with Gasteiger partial charge in [0.15, 0.2) is 0 Å². The van der Waals surface area contributed by atoms with E-state index >= 15 is 0 Å². The summed E-state index contributed by atoms with van der Waals surface area (Å²) in [6, 6.07) is 12.5. The van der Waals surface area contributed by atoms with E-state index in [1.165, 1.54) is 0 Å². The minimum absolute atomic E-state index is 0.125. The first-order chi connectivity index (χ1) is 15.7. The van der Waals surface area contributed by atoms with Crippen LogP contribution in [0.4, 0.5) is 10.5 Å². The minimum atomic E-state index is -0.626. The molecule has 33 heavy (non-hydrogen) atoms. The molecule has 3 heterocycles. The van der Waals surface area contributed by atoms with Crippen LogP contribution in [0.3, 0.4) is 0 Å². The fourth-order valence-electron chi connectivity index (χ4n) is 3.73. The van der Waals surface area contributed by atoms with E-state index in [1.807, 2.05) is 62.6 Å². The number of anilines is 1. The summed E-state index contributed by atoms with van der Waals surface area (Å²) in [5, 5.41) is 5.28. The Morgan fingerprint density at radius 3 is 2.39 bits per heavy atom. The first-order valence-electron chi connectivity index (χ1n) is 10.6. The maximum atomic E-state index is 12.8. The van der Waals surface area contributed by atoms with Gasteiger partial charge in [-0.05, 0) is 69.2 Å². The number of aryl methyl sites for hydroxylation is 3. The molecule has 8 nitrogen and oxygen atoms in total. The van der Waals surface area contributed by atoms with Gasteiger partial charge in [0.25, 0.3) is 5.91 Å². The van der Waals surface area contributed by atoms with Gasteiger partial charge in [-0.1, -0.05) is 23.8 Å². The van der Waals surface area contributed by atoms with Gasteiger partial charge in [0.1, 0.15) is 18.1 Å². The number of imide groups is 1. The summed E-state index contributed by atoms with van der Waals surface area (Å²) < 4.78 is 1.99. The first kappa shape index (κ1) is 22.0. The lowest BCUT2D eigenvalue weighted by molar-refractivity contribution is -0.127. The molecule has 0 atom stereocenters. The van der Waals surface area contributed by atoms with E-state index in [0.717, 1.165) is 38.8 Å². The van der Waals surface area contributed by atoms with Crippen LogP contribution < -0.4 is 10.6 Å². The largest absolute Gasteiger partial charge is 0.329 e. The second-order valence-electron chi connectivity index (χ2n) is 8.15. The quantitative estimate of drug-likeness (QED) is 0.465. The zero-order valence-corrected chi connectivity index (χ0v) is 19.0. The normalized spacial score (nSPS) is 14.7. The van der Waals surface area contributed by atoms with Crippen molar-refractivity contribution < 1.29 is 14.4 Å². The standard InChI is InChI=1S/C25H25N5O3/c1-15-5-8-20(9-6-15)27-23(31)14-29-24(32)21(28-25(29)33)12-19-11-17(3)30(18(19)4)22-10-7-16(2)13-26-22/h5-13H,14H2,1-4H3,(H,27,31)(H,28,33)/b21-12+. The average Bonchev–Trinajstić information content (AvgIpc) is 3.20. The summed E-state index contributed by atoms with van der Waals surface area (Å²) in [7, 11) is 0. The summed E-state index contributed by atoms with van der Waals surface area (Å²) in [4.78, 5) is 43.0. The van der Waals surface area contributed by atoms with Crippen molar-refractivity contribution in [2.45, 2.75) is 27.7 Å². The number of nitrogens with zero attached hydrogens (tertiary/aromatic N) is 3. The maximum Gasteiger partial charge on any atom is 0.329 e. The molecule has 0 radical (unpaired) electrons. The molecule has 4 rings (SSSR count). The second kappa shape index (κ2) is 8.74. The van der Waals surface area contributed by atoms with Gasteiger partial charge in [0, 0.05) is 23.3 Å². The smallest absolute Gasteiger partial charge is 0.325 e. The van der Waals surface area contributed by atoms with Gasteiger partial charge in [-0.3, -0.25) is 9.59 Å². The third kappa shape index (κ3) is 4.55. The van der Waals surface area contributed by atoms with Crippen LogP contribution in [0.1, 0.15) is 28.1 Å². The Morgan fingerprint density at radius 2 is 1.73 bits per heavy atom. The molecule has 0 saturated carbocycles. The number of benzene rings is 1. The van der Waals surface area contributed by atoms with Crippen LogP contribution in [0.5, 0.6) is 0 Å². The number of hydrogen-bond donors (Lipinski definition) is 2. The van der Waals surface area contributed by atoms with Gasteiger partial charge in [-0.2, -0.15) is 0 Å². The number of carbonyl (C=O) groups is 3. The van der Waals surface area contributed by atoms with Gasteiger partial charge in [0.2, 0.25) is 5.91 Å². The molecule has 1 fully saturated rings. The van der Waals surface area contributed by atoms with E-state index in [4.69, 9.17) is 0 Å². The van der Waals surface area contributed by atoms with Crippen LogP contribution in [0.2, 0.25) is 0 Å². The summed E-state index contributed by atoms with van der Waals surface area (Å²) >= 11 is 0. The van der Waals surface area contributed by atoms with E-state index in [-0.39, 0.29) is 12.2 Å². The summed E-state index contributed by atoms with van der Waals surface area (Å²) in [6.45, 7) is 7.43. The molecule has 3 aromatic rings. The summed E-state index contributed by atoms with van der Waals surface area (Å²) in [5.74, 6) is -0.221. The van der Waals surface area contributed by atoms with Crippen molar-refractivity contribution in [3.8, 4) is 5.82 Å². The molecule has 1 aliphatic rings. The fraction of sp³-hybridized carbons (Fsp3) is 0.200. The Morgan fingerprint density at radius 1 is 1.03 bits per heavy atom. The lowest BCUT2D eigenvalue weighted by atomic mass is 10.2. The number of amides is 4. The molecule has 0 bridgehead atoms. The third-order valence-electron chi connectivity index (χ3n) is 5.49. The van der Waals surface area contributed by atoms with E-state index < -0.39 is 17.8 Å². The zero-order valence-electron chi connectivity index (χ0n) is 19.0. The number of urea groups is 1. The highest BCUT2D eigenvalue weighted by molar-refractivity contribution is 6.16.